The molecule has 0 bridgehead atoms. The summed E-state index contributed by atoms with van der Waals surface area (Å²) >= 11 is 3.59. The topological polar surface area (TPSA) is 53.1 Å². The fraction of sp³-hybridized carbons (Fsp3) is 0.448. The van der Waals surface area contributed by atoms with Crippen molar-refractivity contribution >= 4 is 59.8 Å². The van der Waals surface area contributed by atoms with Gasteiger partial charge < -0.3 is 9.32 Å². The van der Waals surface area contributed by atoms with E-state index in [1.807, 2.05) is 41.7 Å². The molecule has 4 aromatic rings. The van der Waals surface area contributed by atoms with Gasteiger partial charge in [-0.3, -0.25) is 0 Å². The zero-order chi connectivity index (χ0) is 24.5. The summed E-state index contributed by atoms with van der Waals surface area (Å²) in [6.07, 6.45) is 13.9. The number of fused-ring (bicyclic) bond motifs is 2. The van der Waals surface area contributed by atoms with E-state index >= 15 is 0 Å². The predicted molar refractivity (Wildman–Crippen MR) is 152 cm³/mol. The highest BCUT2D eigenvalue weighted by Gasteiger charge is 2.14. The molecule has 0 saturated carbocycles. The van der Waals surface area contributed by atoms with Gasteiger partial charge in [0, 0.05) is 27.4 Å². The van der Waals surface area contributed by atoms with Gasteiger partial charge in [0.15, 0.2) is 5.58 Å². The molecule has 0 aliphatic rings. The number of hydrogen-bond acceptors (Lipinski definition) is 6. The molecule has 184 valence electrons. The van der Waals surface area contributed by atoms with Crippen molar-refractivity contribution in [3.63, 3.8) is 0 Å². The number of rotatable bonds is 14. The van der Waals surface area contributed by atoms with Gasteiger partial charge in [0.1, 0.15) is 17.2 Å². The van der Waals surface area contributed by atoms with E-state index in [0.717, 1.165) is 29.9 Å². The highest BCUT2D eigenvalue weighted by molar-refractivity contribution is 7.30. The second kappa shape index (κ2) is 12.9. The molecular formula is C29H35N3OS2. The third-order valence-corrected chi connectivity index (χ3v) is 8.53. The minimum Gasteiger partial charge on any atom is -0.435 e. The summed E-state index contributed by atoms with van der Waals surface area (Å²) in [5.41, 5.74) is 1.93. The average Bonchev–Trinajstić information content (AvgIpc) is 3.56. The third kappa shape index (κ3) is 6.74. The smallest absolute Gasteiger partial charge is 0.238 e. The second-order valence-electron chi connectivity index (χ2n) is 9.08. The Balaban J connectivity index is 1.39. The molecule has 0 atom stereocenters. The van der Waals surface area contributed by atoms with Crippen molar-refractivity contribution in [3.8, 4) is 6.07 Å². The molecule has 6 heteroatoms. The summed E-state index contributed by atoms with van der Waals surface area (Å²) < 4.78 is 8.37. The molecule has 0 saturated heterocycles. The number of unbranched alkanes of at least 4 members (excludes halogenated alkanes) is 7. The molecule has 0 aliphatic carbocycles. The fourth-order valence-electron chi connectivity index (χ4n) is 4.38. The molecule has 0 radical (unpaired) electrons. The van der Waals surface area contributed by atoms with Gasteiger partial charge in [-0.1, -0.05) is 70.9 Å². The summed E-state index contributed by atoms with van der Waals surface area (Å²) in [6, 6.07) is 14.4. The Morgan fingerprint density at radius 1 is 0.943 bits per heavy atom. The molecular weight excluding hydrogens is 470 g/mol. The van der Waals surface area contributed by atoms with Crippen LogP contribution in [0.1, 0.15) is 82.4 Å². The van der Waals surface area contributed by atoms with Crippen molar-refractivity contribution in [2.75, 3.05) is 18.0 Å². The Bertz CT molecular complexity index is 1230. The molecule has 0 unspecified atom stereocenters. The zero-order valence-electron chi connectivity index (χ0n) is 20.9. The lowest BCUT2D eigenvalue weighted by Gasteiger charge is -2.22. The van der Waals surface area contributed by atoms with Crippen LogP contribution in [0.25, 0.3) is 32.1 Å². The molecule has 35 heavy (non-hydrogen) atoms. The first-order valence-corrected chi connectivity index (χ1v) is 14.6. The monoisotopic (exact) mass is 505 g/mol. The third-order valence-electron chi connectivity index (χ3n) is 6.23. The van der Waals surface area contributed by atoms with Crippen molar-refractivity contribution in [2.45, 2.75) is 71.6 Å². The van der Waals surface area contributed by atoms with Gasteiger partial charge in [-0.25, -0.2) is 4.98 Å². The first kappa shape index (κ1) is 25.5. The van der Waals surface area contributed by atoms with E-state index in [9.17, 15) is 5.26 Å². The Kier molecular flexibility index (Phi) is 9.39. The number of allylic oxidation sites excluding steroid dienone is 1. The standard InChI is InChI=1S/C29H35N3OS2/c1-3-5-6-7-8-9-10-13-17-32(16-4-2)28-20-27-26(35-28)19-23(34-27)18-22(21-30)29-31-24-14-11-12-15-25(24)33-29/h11-12,14-15,18-20H,3-10,13,16-17H2,1-2H3/b22-18+. The molecule has 0 spiro atoms. The van der Waals surface area contributed by atoms with Crippen LogP contribution in [0.2, 0.25) is 0 Å². The number of anilines is 1. The summed E-state index contributed by atoms with van der Waals surface area (Å²) in [5.74, 6) is 0.380. The number of hydrogen-bond donors (Lipinski definition) is 0. The van der Waals surface area contributed by atoms with Crippen LogP contribution in [-0.4, -0.2) is 18.1 Å². The Labute approximate surface area is 216 Å². The second-order valence-corrected chi connectivity index (χ2v) is 11.3. The summed E-state index contributed by atoms with van der Waals surface area (Å²) in [7, 11) is 0. The van der Waals surface area contributed by atoms with Crippen LogP contribution >= 0.6 is 22.7 Å². The van der Waals surface area contributed by atoms with Crippen molar-refractivity contribution in [1.82, 2.24) is 4.98 Å². The molecule has 4 rings (SSSR count). The van der Waals surface area contributed by atoms with Gasteiger partial charge >= 0.3 is 0 Å². The number of oxazole rings is 1. The van der Waals surface area contributed by atoms with Gasteiger partial charge in [0.05, 0.1) is 5.00 Å². The van der Waals surface area contributed by atoms with Crippen LogP contribution in [0, 0.1) is 11.3 Å². The van der Waals surface area contributed by atoms with Crippen molar-refractivity contribution in [3.05, 3.63) is 47.2 Å². The van der Waals surface area contributed by atoms with Gasteiger partial charge in [-0.2, -0.15) is 5.26 Å². The van der Waals surface area contributed by atoms with E-state index in [0.29, 0.717) is 17.0 Å². The first-order valence-electron chi connectivity index (χ1n) is 13.0. The summed E-state index contributed by atoms with van der Waals surface area (Å²) in [5, 5.41) is 11.1. The van der Waals surface area contributed by atoms with Crippen LogP contribution in [0.15, 0.2) is 40.8 Å². The van der Waals surface area contributed by atoms with Crippen LogP contribution < -0.4 is 4.90 Å². The molecule has 0 N–H and O–H groups in total. The van der Waals surface area contributed by atoms with E-state index < -0.39 is 0 Å². The largest absolute Gasteiger partial charge is 0.435 e. The lowest BCUT2D eigenvalue weighted by Crippen LogP contribution is -2.24. The van der Waals surface area contributed by atoms with E-state index in [1.54, 1.807) is 11.3 Å². The molecule has 0 amide bonds. The highest BCUT2D eigenvalue weighted by atomic mass is 32.1. The number of aromatic nitrogens is 1. The van der Waals surface area contributed by atoms with Gasteiger partial charge in [0.2, 0.25) is 5.89 Å². The number of nitrogens with zero attached hydrogens (tertiary/aromatic N) is 3. The minimum absolute atomic E-state index is 0.380. The quantitative estimate of drug-likeness (QED) is 0.126. The summed E-state index contributed by atoms with van der Waals surface area (Å²) in [4.78, 5) is 8.10. The van der Waals surface area contributed by atoms with Gasteiger partial charge in [0.25, 0.3) is 0 Å². The van der Waals surface area contributed by atoms with Crippen LogP contribution in [0.3, 0.4) is 0 Å². The minimum atomic E-state index is 0.380. The van der Waals surface area contributed by atoms with Crippen molar-refractivity contribution in [2.24, 2.45) is 0 Å². The average molecular weight is 506 g/mol. The molecule has 0 fully saturated rings. The Morgan fingerprint density at radius 2 is 1.69 bits per heavy atom. The lowest BCUT2D eigenvalue weighted by molar-refractivity contribution is 0.571. The van der Waals surface area contributed by atoms with Crippen LogP contribution in [0.5, 0.6) is 0 Å². The SMILES string of the molecule is CCCCCCCCCCN(CCC)c1cc2sc(/C=C(\C#N)c3nc4ccccc4o3)cc2s1. The number of benzene rings is 1. The number of thiophene rings is 2. The normalized spacial score (nSPS) is 12.0. The molecule has 0 aliphatic heterocycles. The molecule has 3 aromatic heterocycles. The van der Waals surface area contributed by atoms with Gasteiger partial charge in [-0.05, 0) is 43.2 Å². The molecule has 3 heterocycles. The first-order chi connectivity index (χ1) is 17.2. The summed E-state index contributed by atoms with van der Waals surface area (Å²) in [6.45, 7) is 6.78. The fourth-order valence-corrected chi connectivity index (χ4v) is 6.77. The van der Waals surface area contributed by atoms with Crippen LogP contribution in [-0.2, 0) is 0 Å². The van der Waals surface area contributed by atoms with E-state index in [-0.39, 0.29) is 0 Å². The van der Waals surface area contributed by atoms with Crippen LogP contribution in [0.4, 0.5) is 5.00 Å². The van der Waals surface area contributed by atoms with E-state index in [1.165, 1.54) is 65.8 Å². The molecule has 4 nitrogen and oxygen atoms in total. The molecule has 1 aromatic carbocycles. The van der Waals surface area contributed by atoms with E-state index in [2.05, 4.69) is 41.9 Å². The Hall–Kier alpha value is -2.62. The van der Waals surface area contributed by atoms with Crippen molar-refractivity contribution < 1.29 is 4.42 Å². The van der Waals surface area contributed by atoms with Crippen molar-refractivity contribution in [1.29, 1.82) is 5.26 Å². The zero-order valence-corrected chi connectivity index (χ0v) is 22.5. The Morgan fingerprint density at radius 3 is 2.40 bits per heavy atom. The maximum atomic E-state index is 9.72. The lowest BCUT2D eigenvalue weighted by atomic mass is 10.1. The number of para-hydroxylation sites is 2. The van der Waals surface area contributed by atoms with Gasteiger partial charge in [-0.15, -0.1) is 22.7 Å². The van der Waals surface area contributed by atoms with E-state index in [4.69, 9.17) is 4.42 Å². The maximum Gasteiger partial charge on any atom is 0.238 e. The number of nitriles is 1. The predicted octanol–water partition coefficient (Wildman–Crippen LogP) is 9.53. The highest BCUT2D eigenvalue weighted by Crippen LogP contribution is 2.39. The maximum absolute atomic E-state index is 9.72.